The number of aromatic amines is 1. The Morgan fingerprint density at radius 2 is 2.50 bits per heavy atom. The Bertz CT molecular complexity index is 341. The summed E-state index contributed by atoms with van der Waals surface area (Å²) in [4.78, 5) is 12.0. The molecule has 88 valence electrons. The molecule has 0 saturated carbocycles. The normalized spacial score (nSPS) is 25.3. The van der Waals surface area contributed by atoms with Gasteiger partial charge >= 0.3 is 0 Å². The van der Waals surface area contributed by atoms with Crippen molar-refractivity contribution in [2.45, 2.75) is 38.3 Å². The van der Waals surface area contributed by atoms with E-state index in [0.29, 0.717) is 6.54 Å². The van der Waals surface area contributed by atoms with Crippen molar-refractivity contribution < 1.29 is 4.79 Å². The molecule has 1 atom stereocenters. The Morgan fingerprint density at radius 3 is 3.12 bits per heavy atom. The Kier molecular flexibility index (Phi) is 3.24. The zero-order chi connectivity index (χ0) is 11.4. The summed E-state index contributed by atoms with van der Waals surface area (Å²) >= 11 is 0. The first-order valence-electron chi connectivity index (χ1n) is 5.72. The fraction of sp³-hybridized carbons (Fsp3) is 0.636. The number of H-pyrrole nitrogens is 1. The van der Waals surface area contributed by atoms with Crippen LogP contribution in [0.15, 0.2) is 12.3 Å². The van der Waals surface area contributed by atoms with Gasteiger partial charge in [-0.05, 0) is 38.8 Å². The molecular weight excluding hydrogens is 204 g/mol. The summed E-state index contributed by atoms with van der Waals surface area (Å²) < 4.78 is 0. The van der Waals surface area contributed by atoms with Crippen molar-refractivity contribution in [3.05, 3.63) is 18.0 Å². The van der Waals surface area contributed by atoms with E-state index in [9.17, 15) is 4.79 Å². The lowest BCUT2D eigenvalue weighted by Crippen LogP contribution is -2.56. The molecule has 0 aromatic carbocycles. The SMILES string of the molecule is CC1(C(=O)NCc2ccn[nH]2)CCCCN1. The summed E-state index contributed by atoms with van der Waals surface area (Å²) in [5, 5.41) is 12.9. The largest absolute Gasteiger partial charge is 0.349 e. The number of nitrogens with zero attached hydrogens (tertiary/aromatic N) is 1. The van der Waals surface area contributed by atoms with Crippen molar-refractivity contribution in [2.75, 3.05) is 6.54 Å². The van der Waals surface area contributed by atoms with Crippen LogP contribution in [0.2, 0.25) is 0 Å². The minimum atomic E-state index is -0.404. The predicted molar refractivity (Wildman–Crippen MR) is 60.7 cm³/mol. The maximum absolute atomic E-state index is 12.0. The number of rotatable bonds is 3. The Labute approximate surface area is 95.0 Å². The van der Waals surface area contributed by atoms with Crippen molar-refractivity contribution >= 4 is 5.91 Å². The van der Waals surface area contributed by atoms with Crippen LogP contribution in [-0.4, -0.2) is 28.2 Å². The molecule has 1 saturated heterocycles. The molecule has 1 unspecified atom stereocenters. The van der Waals surface area contributed by atoms with Crippen LogP contribution in [0.25, 0.3) is 0 Å². The second-order valence-corrected chi connectivity index (χ2v) is 4.48. The molecule has 1 aromatic heterocycles. The smallest absolute Gasteiger partial charge is 0.240 e. The molecule has 3 N–H and O–H groups in total. The number of piperidine rings is 1. The van der Waals surface area contributed by atoms with Gasteiger partial charge in [0.15, 0.2) is 0 Å². The first-order chi connectivity index (χ1) is 7.71. The van der Waals surface area contributed by atoms with E-state index in [1.807, 2.05) is 13.0 Å². The highest BCUT2D eigenvalue weighted by Crippen LogP contribution is 2.18. The highest BCUT2D eigenvalue weighted by atomic mass is 16.2. The van der Waals surface area contributed by atoms with Gasteiger partial charge in [0.2, 0.25) is 5.91 Å². The maximum atomic E-state index is 12.0. The van der Waals surface area contributed by atoms with Crippen LogP contribution in [0, 0.1) is 0 Å². The van der Waals surface area contributed by atoms with Crippen LogP contribution in [0.3, 0.4) is 0 Å². The van der Waals surface area contributed by atoms with Gasteiger partial charge in [0.1, 0.15) is 0 Å². The van der Waals surface area contributed by atoms with Gasteiger partial charge in [0, 0.05) is 6.20 Å². The Morgan fingerprint density at radius 1 is 1.62 bits per heavy atom. The molecular formula is C11H18N4O. The molecule has 5 heteroatoms. The van der Waals surface area contributed by atoms with E-state index in [2.05, 4.69) is 20.8 Å². The van der Waals surface area contributed by atoms with Gasteiger partial charge in [-0.1, -0.05) is 0 Å². The second kappa shape index (κ2) is 4.65. The number of amides is 1. The molecule has 16 heavy (non-hydrogen) atoms. The number of aromatic nitrogens is 2. The van der Waals surface area contributed by atoms with Crippen molar-refractivity contribution in [1.29, 1.82) is 0 Å². The van der Waals surface area contributed by atoms with Gasteiger partial charge in [-0.3, -0.25) is 9.89 Å². The number of hydrogen-bond donors (Lipinski definition) is 3. The molecule has 1 amide bonds. The monoisotopic (exact) mass is 222 g/mol. The summed E-state index contributed by atoms with van der Waals surface area (Å²) in [6, 6.07) is 1.86. The van der Waals surface area contributed by atoms with Crippen molar-refractivity contribution in [3.63, 3.8) is 0 Å². The zero-order valence-electron chi connectivity index (χ0n) is 9.55. The first-order valence-corrected chi connectivity index (χ1v) is 5.72. The summed E-state index contributed by atoms with van der Waals surface area (Å²) in [5.74, 6) is 0.0711. The van der Waals surface area contributed by atoms with Crippen LogP contribution in [0.1, 0.15) is 31.9 Å². The van der Waals surface area contributed by atoms with E-state index in [0.717, 1.165) is 31.5 Å². The summed E-state index contributed by atoms with van der Waals surface area (Å²) in [6.45, 7) is 3.40. The van der Waals surface area contributed by atoms with E-state index in [4.69, 9.17) is 0 Å². The summed E-state index contributed by atoms with van der Waals surface area (Å²) in [7, 11) is 0. The third kappa shape index (κ3) is 2.41. The van der Waals surface area contributed by atoms with E-state index >= 15 is 0 Å². The van der Waals surface area contributed by atoms with Crippen LogP contribution >= 0.6 is 0 Å². The standard InChI is InChI=1S/C11H18N4O/c1-11(5-2-3-6-13-11)10(16)12-8-9-4-7-14-15-9/h4,7,13H,2-3,5-6,8H2,1H3,(H,12,16)(H,14,15). The summed E-state index contributed by atoms with van der Waals surface area (Å²) in [5.41, 5.74) is 0.519. The van der Waals surface area contributed by atoms with Gasteiger partial charge in [-0.2, -0.15) is 5.10 Å². The maximum Gasteiger partial charge on any atom is 0.240 e. The Hall–Kier alpha value is -1.36. The molecule has 0 bridgehead atoms. The van der Waals surface area contributed by atoms with Crippen LogP contribution < -0.4 is 10.6 Å². The predicted octanol–water partition coefficient (Wildman–Crippen LogP) is 0.558. The lowest BCUT2D eigenvalue weighted by molar-refractivity contribution is -0.128. The third-order valence-corrected chi connectivity index (χ3v) is 3.12. The minimum Gasteiger partial charge on any atom is -0.349 e. The minimum absolute atomic E-state index is 0.0711. The molecule has 0 aliphatic carbocycles. The Balaban J connectivity index is 1.87. The number of hydrogen-bond acceptors (Lipinski definition) is 3. The van der Waals surface area contributed by atoms with Gasteiger partial charge in [-0.15, -0.1) is 0 Å². The lowest BCUT2D eigenvalue weighted by Gasteiger charge is -2.33. The van der Waals surface area contributed by atoms with Gasteiger partial charge in [0.25, 0.3) is 0 Å². The van der Waals surface area contributed by atoms with E-state index < -0.39 is 5.54 Å². The van der Waals surface area contributed by atoms with E-state index in [1.165, 1.54) is 0 Å². The van der Waals surface area contributed by atoms with E-state index in [1.54, 1.807) is 6.20 Å². The fourth-order valence-electron chi connectivity index (χ4n) is 2.00. The van der Waals surface area contributed by atoms with Crippen LogP contribution in [0.4, 0.5) is 0 Å². The molecule has 1 aliphatic rings. The molecule has 1 aromatic rings. The molecule has 0 spiro atoms. The highest BCUT2D eigenvalue weighted by Gasteiger charge is 2.33. The molecule has 2 rings (SSSR count). The van der Waals surface area contributed by atoms with Crippen molar-refractivity contribution in [3.8, 4) is 0 Å². The highest BCUT2D eigenvalue weighted by molar-refractivity contribution is 5.85. The zero-order valence-corrected chi connectivity index (χ0v) is 9.55. The lowest BCUT2D eigenvalue weighted by atomic mass is 9.90. The van der Waals surface area contributed by atoms with Gasteiger partial charge in [-0.25, -0.2) is 0 Å². The third-order valence-electron chi connectivity index (χ3n) is 3.12. The molecule has 2 heterocycles. The number of nitrogens with one attached hydrogen (secondary N) is 3. The topological polar surface area (TPSA) is 69.8 Å². The van der Waals surface area contributed by atoms with Gasteiger partial charge in [0.05, 0.1) is 17.8 Å². The number of carbonyl (C=O) groups is 1. The molecule has 1 aliphatic heterocycles. The quantitative estimate of drug-likeness (QED) is 0.700. The fourth-order valence-corrected chi connectivity index (χ4v) is 2.00. The average Bonchev–Trinajstić information content (AvgIpc) is 2.79. The van der Waals surface area contributed by atoms with Crippen molar-refractivity contribution in [2.24, 2.45) is 0 Å². The molecule has 1 fully saturated rings. The van der Waals surface area contributed by atoms with Crippen molar-refractivity contribution in [1.82, 2.24) is 20.8 Å². The van der Waals surface area contributed by atoms with Crippen LogP contribution in [-0.2, 0) is 11.3 Å². The average molecular weight is 222 g/mol. The molecule has 0 radical (unpaired) electrons. The number of carbonyl (C=O) groups excluding carboxylic acids is 1. The summed E-state index contributed by atoms with van der Waals surface area (Å²) in [6.07, 6.45) is 4.86. The molecule has 5 nitrogen and oxygen atoms in total. The van der Waals surface area contributed by atoms with E-state index in [-0.39, 0.29) is 5.91 Å². The van der Waals surface area contributed by atoms with Gasteiger partial charge < -0.3 is 10.6 Å². The first kappa shape index (κ1) is 11.1. The van der Waals surface area contributed by atoms with Crippen LogP contribution in [0.5, 0.6) is 0 Å². The second-order valence-electron chi connectivity index (χ2n) is 4.48.